The minimum absolute atomic E-state index is 0.0293. The molecule has 1 aromatic carbocycles. The van der Waals surface area contributed by atoms with E-state index >= 15 is 0 Å². The van der Waals surface area contributed by atoms with Crippen LogP contribution in [-0.2, 0) is 9.53 Å². The molecule has 3 heterocycles. The van der Waals surface area contributed by atoms with Crippen LogP contribution in [0.2, 0.25) is 0 Å². The van der Waals surface area contributed by atoms with Crippen LogP contribution in [0, 0.1) is 13.8 Å². The highest BCUT2D eigenvalue weighted by Gasteiger charge is 2.26. The van der Waals surface area contributed by atoms with Crippen LogP contribution in [0.4, 0.5) is 0 Å². The summed E-state index contributed by atoms with van der Waals surface area (Å²) in [6.07, 6.45) is 4.40. The summed E-state index contributed by atoms with van der Waals surface area (Å²) >= 11 is 0. The summed E-state index contributed by atoms with van der Waals surface area (Å²) < 4.78 is 7.52. The number of fused-ring (bicyclic) bond motifs is 1. The predicted octanol–water partition coefficient (Wildman–Crippen LogP) is 3.33. The molecule has 0 radical (unpaired) electrons. The molecule has 1 atom stereocenters. The Bertz CT molecular complexity index is 957. The number of benzene rings is 1. The van der Waals surface area contributed by atoms with Gasteiger partial charge >= 0.3 is 0 Å². The van der Waals surface area contributed by atoms with E-state index in [0.29, 0.717) is 32.7 Å². The summed E-state index contributed by atoms with van der Waals surface area (Å²) in [7, 11) is 0. The normalized spacial score (nSPS) is 15.9. The molecule has 0 aliphatic carbocycles. The van der Waals surface area contributed by atoms with Gasteiger partial charge in [-0.15, -0.1) is 0 Å². The van der Waals surface area contributed by atoms with Crippen LogP contribution >= 0.6 is 0 Å². The highest BCUT2D eigenvalue weighted by molar-refractivity contribution is 5.78. The van der Waals surface area contributed by atoms with Gasteiger partial charge < -0.3 is 14.0 Å². The van der Waals surface area contributed by atoms with Gasteiger partial charge in [-0.25, -0.2) is 4.98 Å². The molecule has 5 nitrogen and oxygen atoms in total. The van der Waals surface area contributed by atoms with E-state index in [1.54, 1.807) is 0 Å². The van der Waals surface area contributed by atoms with E-state index in [0.717, 1.165) is 16.9 Å². The number of nitrogens with zero attached hydrogens (tertiary/aromatic N) is 3. The zero-order chi connectivity index (χ0) is 18.8. The molecule has 2 aromatic heterocycles. The van der Waals surface area contributed by atoms with Crippen LogP contribution in [0.5, 0.6) is 0 Å². The molecule has 1 aliphatic heterocycles. The Kier molecular flexibility index (Phi) is 4.94. The molecule has 3 aromatic rings. The van der Waals surface area contributed by atoms with Crippen molar-refractivity contribution in [3.8, 4) is 0 Å². The number of aromatic nitrogens is 2. The fourth-order valence-corrected chi connectivity index (χ4v) is 3.90. The van der Waals surface area contributed by atoms with Crippen molar-refractivity contribution in [3.05, 3.63) is 71.2 Å². The van der Waals surface area contributed by atoms with Crippen molar-refractivity contribution >= 4 is 11.6 Å². The second-order valence-electron chi connectivity index (χ2n) is 7.17. The molecule has 0 spiro atoms. The minimum Gasteiger partial charge on any atom is -0.378 e. The molecule has 1 amide bonds. The van der Waals surface area contributed by atoms with Gasteiger partial charge in [-0.2, -0.15) is 0 Å². The van der Waals surface area contributed by atoms with E-state index in [-0.39, 0.29) is 11.8 Å². The van der Waals surface area contributed by atoms with Crippen molar-refractivity contribution in [2.24, 2.45) is 0 Å². The SMILES string of the molecule is Cc1ccccc1C(CC(=O)N1CCOCC1)c1cnc2c(C)cccn12. The van der Waals surface area contributed by atoms with Crippen molar-refractivity contribution in [2.45, 2.75) is 26.2 Å². The molecule has 0 N–H and O–H groups in total. The summed E-state index contributed by atoms with van der Waals surface area (Å²) in [5.74, 6) is 0.146. The maximum absolute atomic E-state index is 13.0. The van der Waals surface area contributed by atoms with Gasteiger partial charge in [0.15, 0.2) is 0 Å². The van der Waals surface area contributed by atoms with Gasteiger partial charge in [-0.1, -0.05) is 30.3 Å². The number of rotatable bonds is 4. The fourth-order valence-electron chi connectivity index (χ4n) is 3.90. The second kappa shape index (κ2) is 7.53. The monoisotopic (exact) mass is 363 g/mol. The van der Waals surface area contributed by atoms with Crippen LogP contribution in [0.25, 0.3) is 5.65 Å². The van der Waals surface area contributed by atoms with Gasteiger partial charge in [0.1, 0.15) is 5.65 Å². The summed E-state index contributed by atoms with van der Waals surface area (Å²) in [5.41, 5.74) is 5.52. The molecule has 5 heteroatoms. The Balaban J connectivity index is 1.75. The third-order valence-electron chi connectivity index (χ3n) is 5.42. The smallest absolute Gasteiger partial charge is 0.223 e. The molecule has 4 rings (SSSR count). The minimum atomic E-state index is -0.0293. The zero-order valence-electron chi connectivity index (χ0n) is 15.9. The standard InChI is InChI=1S/C22H25N3O2/c1-16-6-3-4-8-18(16)19(14-21(26)24-10-12-27-13-11-24)20-15-23-22-17(2)7-5-9-25(20)22/h3-9,15,19H,10-14H2,1-2H3. The van der Waals surface area contributed by atoms with Gasteiger partial charge in [0.2, 0.25) is 5.91 Å². The lowest BCUT2D eigenvalue weighted by atomic mass is 9.89. The Hall–Kier alpha value is -2.66. The van der Waals surface area contributed by atoms with Crippen molar-refractivity contribution in [2.75, 3.05) is 26.3 Å². The van der Waals surface area contributed by atoms with E-state index in [1.165, 1.54) is 11.1 Å². The maximum Gasteiger partial charge on any atom is 0.223 e. The number of pyridine rings is 1. The Morgan fingerprint density at radius 3 is 2.63 bits per heavy atom. The lowest BCUT2D eigenvalue weighted by Gasteiger charge is -2.29. The van der Waals surface area contributed by atoms with E-state index in [9.17, 15) is 4.79 Å². The van der Waals surface area contributed by atoms with Gasteiger partial charge in [0, 0.05) is 37.8 Å². The van der Waals surface area contributed by atoms with Crippen molar-refractivity contribution < 1.29 is 9.53 Å². The van der Waals surface area contributed by atoms with Crippen molar-refractivity contribution in [1.29, 1.82) is 0 Å². The van der Waals surface area contributed by atoms with E-state index in [2.05, 4.69) is 41.4 Å². The number of hydrogen-bond donors (Lipinski definition) is 0. The van der Waals surface area contributed by atoms with Crippen LogP contribution < -0.4 is 0 Å². The number of morpholine rings is 1. The molecular weight excluding hydrogens is 338 g/mol. The van der Waals surface area contributed by atoms with E-state index < -0.39 is 0 Å². The fraction of sp³-hybridized carbons (Fsp3) is 0.364. The maximum atomic E-state index is 13.0. The molecule has 27 heavy (non-hydrogen) atoms. The quantitative estimate of drug-likeness (QED) is 0.714. The number of hydrogen-bond acceptors (Lipinski definition) is 3. The largest absolute Gasteiger partial charge is 0.378 e. The van der Waals surface area contributed by atoms with Crippen LogP contribution in [0.15, 0.2) is 48.8 Å². The van der Waals surface area contributed by atoms with Gasteiger partial charge in [-0.05, 0) is 36.6 Å². The third-order valence-corrected chi connectivity index (χ3v) is 5.42. The van der Waals surface area contributed by atoms with Crippen molar-refractivity contribution in [1.82, 2.24) is 14.3 Å². The number of imidazole rings is 1. The Labute approximate surface area is 159 Å². The molecule has 0 saturated carbocycles. The molecule has 140 valence electrons. The first-order valence-electron chi connectivity index (χ1n) is 9.49. The first-order chi connectivity index (χ1) is 13.1. The molecule has 1 unspecified atom stereocenters. The third kappa shape index (κ3) is 3.47. The summed E-state index contributed by atoms with van der Waals surface area (Å²) in [5, 5.41) is 0. The lowest BCUT2D eigenvalue weighted by molar-refractivity contribution is -0.135. The van der Waals surface area contributed by atoms with Crippen LogP contribution in [0.1, 0.15) is 34.7 Å². The highest BCUT2D eigenvalue weighted by atomic mass is 16.5. The van der Waals surface area contributed by atoms with E-state index in [4.69, 9.17) is 4.74 Å². The van der Waals surface area contributed by atoms with Gasteiger partial charge in [-0.3, -0.25) is 4.79 Å². The second-order valence-corrected chi connectivity index (χ2v) is 7.17. The summed E-state index contributed by atoms with van der Waals surface area (Å²) in [6, 6.07) is 12.4. The molecule has 1 fully saturated rings. The Morgan fingerprint density at radius 1 is 1.11 bits per heavy atom. The van der Waals surface area contributed by atoms with Gasteiger partial charge in [0.05, 0.1) is 18.9 Å². The number of ether oxygens (including phenoxy) is 1. The Morgan fingerprint density at radius 2 is 1.85 bits per heavy atom. The number of carbonyl (C=O) groups excluding carboxylic acids is 1. The first-order valence-corrected chi connectivity index (χ1v) is 9.49. The zero-order valence-corrected chi connectivity index (χ0v) is 15.9. The number of carbonyl (C=O) groups is 1. The highest BCUT2D eigenvalue weighted by Crippen LogP contribution is 2.32. The average Bonchev–Trinajstić information content (AvgIpc) is 3.13. The van der Waals surface area contributed by atoms with Crippen molar-refractivity contribution in [3.63, 3.8) is 0 Å². The van der Waals surface area contributed by atoms with Crippen LogP contribution in [0.3, 0.4) is 0 Å². The molecule has 1 saturated heterocycles. The summed E-state index contributed by atoms with van der Waals surface area (Å²) in [4.78, 5) is 19.6. The van der Waals surface area contributed by atoms with Gasteiger partial charge in [0.25, 0.3) is 0 Å². The molecule has 1 aliphatic rings. The number of aryl methyl sites for hydroxylation is 2. The van der Waals surface area contributed by atoms with E-state index in [1.807, 2.05) is 35.5 Å². The lowest BCUT2D eigenvalue weighted by Crippen LogP contribution is -2.41. The first kappa shape index (κ1) is 17.7. The average molecular weight is 363 g/mol. The number of amides is 1. The molecular formula is C22H25N3O2. The molecule has 0 bridgehead atoms. The predicted molar refractivity (Wildman–Crippen MR) is 105 cm³/mol. The summed E-state index contributed by atoms with van der Waals surface area (Å²) in [6.45, 7) is 6.76. The van der Waals surface area contributed by atoms with Crippen LogP contribution in [-0.4, -0.2) is 46.5 Å². The topological polar surface area (TPSA) is 46.8 Å².